The first kappa shape index (κ1) is 12.7. The fourth-order valence-electron chi connectivity index (χ4n) is 2.09. The molecule has 0 amide bonds. The maximum absolute atomic E-state index is 11.5. The second-order valence-corrected chi connectivity index (χ2v) is 7.01. The Hall–Kier alpha value is -0.350. The van der Waals surface area contributed by atoms with Gasteiger partial charge in [-0.25, -0.2) is 8.42 Å². The quantitative estimate of drug-likeness (QED) is 0.543. The molecule has 1 aliphatic heterocycles. The van der Waals surface area contributed by atoms with Crippen LogP contribution >= 0.6 is 0 Å². The smallest absolute Gasteiger partial charge is 0.153 e. The second-order valence-electron chi connectivity index (χ2n) is 4.82. The SMILES string of the molecule is C=CCCCN1CCS(=O)(=O)CC1(C)C. The lowest BCUT2D eigenvalue weighted by Crippen LogP contribution is -2.55. The average Bonchev–Trinajstić information content (AvgIpc) is 2.06. The van der Waals surface area contributed by atoms with Gasteiger partial charge in [-0.05, 0) is 33.2 Å². The third-order valence-corrected chi connectivity index (χ3v) is 4.89. The molecule has 0 aromatic heterocycles. The minimum Gasteiger partial charge on any atom is -0.296 e. The Morgan fingerprint density at radius 2 is 2.13 bits per heavy atom. The van der Waals surface area contributed by atoms with Crippen LogP contribution in [-0.2, 0) is 9.84 Å². The van der Waals surface area contributed by atoms with Crippen molar-refractivity contribution in [1.82, 2.24) is 4.90 Å². The summed E-state index contributed by atoms with van der Waals surface area (Å²) >= 11 is 0. The summed E-state index contributed by atoms with van der Waals surface area (Å²) in [5.74, 6) is 0.596. The summed E-state index contributed by atoms with van der Waals surface area (Å²) in [6.45, 7) is 9.35. The molecule has 0 N–H and O–H groups in total. The second kappa shape index (κ2) is 4.66. The third-order valence-electron chi connectivity index (χ3n) is 2.94. The van der Waals surface area contributed by atoms with E-state index < -0.39 is 9.84 Å². The van der Waals surface area contributed by atoms with Crippen molar-refractivity contribution in [1.29, 1.82) is 0 Å². The van der Waals surface area contributed by atoms with Gasteiger partial charge in [0.2, 0.25) is 0 Å². The number of allylic oxidation sites excluding steroid dienone is 1. The largest absolute Gasteiger partial charge is 0.296 e. The molecule has 15 heavy (non-hydrogen) atoms. The molecular weight excluding hydrogens is 210 g/mol. The van der Waals surface area contributed by atoms with Gasteiger partial charge in [0.15, 0.2) is 9.84 Å². The molecule has 1 rings (SSSR count). The molecular formula is C11H21NO2S. The fourth-order valence-corrected chi connectivity index (χ4v) is 4.00. The number of nitrogens with zero attached hydrogens (tertiary/aromatic N) is 1. The summed E-state index contributed by atoms with van der Waals surface area (Å²) in [5.41, 5.74) is -0.210. The maximum Gasteiger partial charge on any atom is 0.153 e. The standard InChI is InChI=1S/C11H21NO2S/c1-4-5-6-7-12-8-9-15(13,14)10-11(12,2)3/h4H,1,5-10H2,2-3H3. The van der Waals surface area contributed by atoms with Crippen LogP contribution in [0.3, 0.4) is 0 Å². The minimum atomic E-state index is -2.82. The molecule has 4 heteroatoms. The Kier molecular flexibility index (Phi) is 3.95. The lowest BCUT2D eigenvalue weighted by Gasteiger charge is -2.42. The Morgan fingerprint density at radius 3 is 2.67 bits per heavy atom. The van der Waals surface area contributed by atoms with Gasteiger partial charge in [-0.2, -0.15) is 0 Å². The number of rotatable bonds is 4. The van der Waals surface area contributed by atoms with Crippen LogP contribution in [0, 0.1) is 0 Å². The van der Waals surface area contributed by atoms with Crippen molar-refractivity contribution >= 4 is 9.84 Å². The van der Waals surface area contributed by atoms with Crippen LogP contribution in [0.1, 0.15) is 26.7 Å². The van der Waals surface area contributed by atoms with Crippen LogP contribution in [0.2, 0.25) is 0 Å². The normalized spacial score (nSPS) is 24.9. The molecule has 1 saturated heterocycles. The van der Waals surface area contributed by atoms with Gasteiger partial charge in [-0.15, -0.1) is 6.58 Å². The zero-order valence-corrected chi connectivity index (χ0v) is 10.5. The molecule has 0 aromatic rings. The van der Waals surface area contributed by atoms with Crippen molar-refractivity contribution in [3.8, 4) is 0 Å². The Balaban J connectivity index is 2.56. The van der Waals surface area contributed by atoms with E-state index in [9.17, 15) is 8.42 Å². The van der Waals surface area contributed by atoms with Gasteiger partial charge < -0.3 is 0 Å². The number of hydrogen-bond donors (Lipinski definition) is 0. The first-order valence-electron chi connectivity index (χ1n) is 5.44. The predicted octanol–water partition coefficient (Wildman–Crippen LogP) is 1.46. The number of unbranched alkanes of at least 4 members (excludes halogenated alkanes) is 1. The van der Waals surface area contributed by atoms with Crippen LogP contribution in [0.5, 0.6) is 0 Å². The molecule has 0 bridgehead atoms. The third kappa shape index (κ3) is 3.61. The number of sulfone groups is 1. The van der Waals surface area contributed by atoms with E-state index in [4.69, 9.17) is 0 Å². The van der Waals surface area contributed by atoms with Gasteiger partial charge in [0, 0.05) is 12.1 Å². The maximum atomic E-state index is 11.5. The molecule has 3 nitrogen and oxygen atoms in total. The highest BCUT2D eigenvalue weighted by Crippen LogP contribution is 2.22. The van der Waals surface area contributed by atoms with Crippen molar-refractivity contribution in [2.75, 3.05) is 24.6 Å². The van der Waals surface area contributed by atoms with Gasteiger partial charge >= 0.3 is 0 Å². The van der Waals surface area contributed by atoms with Gasteiger partial charge in [-0.1, -0.05) is 6.08 Å². The van der Waals surface area contributed by atoms with Crippen LogP contribution in [0.25, 0.3) is 0 Å². The van der Waals surface area contributed by atoms with Crippen molar-refractivity contribution < 1.29 is 8.42 Å². The Labute approximate surface area is 93.1 Å². The van der Waals surface area contributed by atoms with Gasteiger partial charge in [0.1, 0.15) is 0 Å². The first-order valence-corrected chi connectivity index (χ1v) is 7.26. The monoisotopic (exact) mass is 231 g/mol. The molecule has 0 saturated carbocycles. The van der Waals surface area contributed by atoms with Gasteiger partial charge in [0.05, 0.1) is 11.5 Å². The fraction of sp³-hybridized carbons (Fsp3) is 0.818. The highest BCUT2D eigenvalue weighted by molar-refractivity contribution is 7.91. The molecule has 88 valence electrons. The summed E-state index contributed by atoms with van der Waals surface area (Å²) in [5, 5.41) is 0. The summed E-state index contributed by atoms with van der Waals surface area (Å²) in [7, 11) is -2.82. The molecule has 0 aromatic carbocycles. The molecule has 1 heterocycles. The van der Waals surface area contributed by atoms with Crippen LogP contribution in [0.15, 0.2) is 12.7 Å². The van der Waals surface area contributed by atoms with Crippen molar-refractivity contribution in [2.45, 2.75) is 32.2 Å². The highest BCUT2D eigenvalue weighted by Gasteiger charge is 2.36. The van der Waals surface area contributed by atoms with E-state index in [-0.39, 0.29) is 11.3 Å². The lowest BCUT2D eigenvalue weighted by atomic mass is 10.0. The van der Waals surface area contributed by atoms with Crippen molar-refractivity contribution in [3.63, 3.8) is 0 Å². The molecule has 1 aliphatic rings. The predicted molar refractivity (Wildman–Crippen MR) is 63.7 cm³/mol. The average molecular weight is 231 g/mol. The number of hydrogen-bond acceptors (Lipinski definition) is 3. The molecule has 1 fully saturated rings. The van der Waals surface area contributed by atoms with E-state index in [1.54, 1.807) is 0 Å². The topological polar surface area (TPSA) is 37.4 Å². The summed E-state index contributed by atoms with van der Waals surface area (Å²) in [6, 6.07) is 0. The lowest BCUT2D eigenvalue weighted by molar-refractivity contribution is 0.138. The zero-order valence-electron chi connectivity index (χ0n) is 9.70. The highest BCUT2D eigenvalue weighted by atomic mass is 32.2. The first-order chi connectivity index (χ1) is 6.87. The van der Waals surface area contributed by atoms with E-state index in [0.29, 0.717) is 12.3 Å². The van der Waals surface area contributed by atoms with E-state index in [2.05, 4.69) is 11.5 Å². The molecule has 0 spiro atoms. The van der Waals surface area contributed by atoms with Crippen LogP contribution in [-0.4, -0.2) is 43.5 Å². The van der Waals surface area contributed by atoms with Gasteiger partial charge in [0.25, 0.3) is 0 Å². The van der Waals surface area contributed by atoms with Crippen LogP contribution in [0.4, 0.5) is 0 Å². The zero-order chi connectivity index (χ0) is 11.5. The van der Waals surface area contributed by atoms with E-state index in [1.165, 1.54) is 0 Å². The Morgan fingerprint density at radius 1 is 1.47 bits per heavy atom. The van der Waals surface area contributed by atoms with E-state index >= 15 is 0 Å². The Bertz CT molecular complexity index is 319. The minimum absolute atomic E-state index is 0.210. The molecule has 0 atom stereocenters. The molecule has 0 aliphatic carbocycles. The van der Waals surface area contributed by atoms with E-state index in [0.717, 1.165) is 19.4 Å². The summed E-state index contributed by atoms with van der Waals surface area (Å²) in [4.78, 5) is 2.28. The van der Waals surface area contributed by atoms with Gasteiger partial charge in [-0.3, -0.25) is 4.90 Å². The van der Waals surface area contributed by atoms with Crippen molar-refractivity contribution in [2.24, 2.45) is 0 Å². The van der Waals surface area contributed by atoms with E-state index in [1.807, 2.05) is 19.9 Å². The summed E-state index contributed by atoms with van der Waals surface area (Å²) in [6.07, 6.45) is 3.97. The molecule has 0 unspecified atom stereocenters. The summed E-state index contributed by atoms with van der Waals surface area (Å²) < 4.78 is 23.0. The van der Waals surface area contributed by atoms with Crippen LogP contribution < -0.4 is 0 Å². The van der Waals surface area contributed by atoms with Crippen molar-refractivity contribution in [3.05, 3.63) is 12.7 Å². The molecule has 0 radical (unpaired) electrons.